The summed E-state index contributed by atoms with van der Waals surface area (Å²) in [4.78, 5) is 33.8. The highest BCUT2D eigenvalue weighted by atomic mass is 16.5. The first-order valence-corrected chi connectivity index (χ1v) is 11.4. The minimum atomic E-state index is -0.414. The lowest BCUT2D eigenvalue weighted by molar-refractivity contribution is 0.0522. The quantitative estimate of drug-likeness (QED) is 0.537. The lowest BCUT2D eigenvalue weighted by atomic mass is 9.96. The van der Waals surface area contributed by atoms with Gasteiger partial charge < -0.3 is 9.64 Å². The first-order chi connectivity index (χ1) is 16.1. The lowest BCUT2D eigenvalue weighted by Crippen LogP contribution is -2.50. The molecule has 1 aromatic heterocycles. The van der Waals surface area contributed by atoms with Gasteiger partial charge in [0.05, 0.1) is 23.9 Å². The first-order valence-electron chi connectivity index (χ1n) is 11.4. The summed E-state index contributed by atoms with van der Waals surface area (Å²) in [6, 6.07) is 24.4. The summed E-state index contributed by atoms with van der Waals surface area (Å²) in [5, 5.41) is 0. The van der Waals surface area contributed by atoms with Crippen molar-refractivity contribution in [2.75, 3.05) is 32.8 Å². The van der Waals surface area contributed by atoms with Crippen molar-refractivity contribution >= 4 is 11.9 Å². The van der Waals surface area contributed by atoms with Crippen molar-refractivity contribution in [2.45, 2.75) is 19.9 Å². The number of amides is 1. The van der Waals surface area contributed by atoms with Crippen LogP contribution in [0.1, 0.15) is 50.6 Å². The van der Waals surface area contributed by atoms with E-state index in [1.54, 1.807) is 26.0 Å². The molecule has 2 aromatic carbocycles. The molecule has 0 radical (unpaired) electrons. The van der Waals surface area contributed by atoms with E-state index >= 15 is 0 Å². The third-order valence-electron chi connectivity index (χ3n) is 6.00. The Morgan fingerprint density at radius 1 is 0.879 bits per heavy atom. The zero-order chi connectivity index (χ0) is 23.2. The molecule has 33 heavy (non-hydrogen) atoms. The monoisotopic (exact) mass is 443 g/mol. The van der Waals surface area contributed by atoms with Crippen molar-refractivity contribution in [3.63, 3.8) is 0 Å². The van der Waals surface area contributed by atoms with Crippen LogP contribution in [0.15, 0.2) is 72.8 Å². The number of ether oxygens (including phenoxy) is 1. The van der Waals surface area contributed by atoms with Gasteiger partial charge in [0.1, 0.15) is 5.69 Å². The molecule has 6 heteroatoms. The van der Waals surface area contributed by atoms with Gasteiger partial charge in [-0.15, -0.1) is 0 Å². The summed E-state index contributed by atoms with van der Waals surface area (Å²) < 4.78 is 5.05. The zero-order valence-electron chi connectivity index (χ0n) is 19.1. The van der Waals surface area contributed by atoms with Crippen molar-refractivity contribution in [2.24, 2.45) is 0 Å². The van der Waals surface area contributed by atoms with Crippen molar-refractivity contribution in [1.29, 1.82) is 0 Å². The zero-order valence-corrected chi connectivity index (χ0v) is 19.1. The maximum atomic E-state index is 13.1. The number of aryl methyl sites for hydroxylation is 1. The van der Waals surface area contributed by atoms with Crippen LogP contribution < -0.4 is 0 Å². The fraction of sp³-hybridized carbons (Fsp3) is 0.296. The largest absolute Gasteiger partial charge is 0.462 e. The second kappa shape index (κ2) is 10.4. The van der Waals surface area contributed by atoms with Crippen molar-refractivity contribution < 1.29 is 14.3 Å². The van der Waals surface area contributed by atoms with Gasteiger partial charge >= 0.3 is 5.97 Å². The number of piperazine rings is 1. The smallest absolute Gasteiger partial charge is 0.339 e. The van der Waals surface area contributed by atoms with Crippen LogP contribution in [0.25, 0.3) is 0 Å². The Bertz CT molecular complexity index is 1050. The molecule has 0 unspecified atom stereocenters. The Morgan fingerprint density at radius 2 is 1.45 bits per heavy atom. The molecule has 0 spiro atoms. The predicted octanol–water partition coefficient (Wildman–Crippen LogP) is 4.11. The highest BCUT2D eigenvalue weighted by Crippen LogP contribution is 2.29. The SMILES string of the molecule is CCOC(=O)c1ccc(C(=O)N2CCN(C(c3ccccc3)c3ccccc3)CC2)nc1C. The number of esters is 1. The van der Waals surface area contributed by atoms with Crippen molar-refractivity contribution in [1.82, 2.24) is 14.8 Å². The Morgan fingerprint density at radius 3 is 1.97 bits per heavy atom. The fourth-order valence-electron chi connectivity index (χ4n) is 4.33. The Balaban J connectivity index is 1.47. The number of hydrogen-bond acceptors (Lipinski definition) is 5. The van der Waals surface area contributed by atoms with Gasteiger partial charge in [-0.25, -0.2) is 9.78 Å². The molecule has 1 fully saturated rings. The van der Waals surface area contributed by atoms with E-state index in [1.165, 1.54) is 11.1 Å². The van der Waals surface area contributed by atoms with E-state index in [2.05, 4.69) is 58.4 Å². The van der Waals surface area contributed by atoms with E-state index < -0.39 is 5.97 Å². The molecule has 1 saturated heterocycles. The number of carbonyl (C=O) groups is 2. The third-order valence-corrected chi connectivity index (χ3v) is 6.00. The molecule has 3 aromatic rings. The van der Waals surface area contributed by atoms with Crippen LogP contribution in [0.4, 0.5) is 0 Å². The number of pyridine rings is 1. The topological polar surface area (TPSA) is 62.7 Å². The number of hydrogen-bond donors (Lipinski definition) is 0. The Labute approximate surface area is 194 Å². The Kier molecular flexibility index (Phi) is 7.15. The highest BCUT2D eigenvalue weighted by molar-refractivity contribution is 5.95. The molecule has 4 rings (SSSR count). The van der Waals surface area contributed by atoms with E-state index in [0.29, 0.717) is 36.6 Å². The van der Waals surface area contributed by atoms with Crippen LogP contribution in [0.2, 0.25) is 0 Å². The number of rotatable bonds is 6. The average molecular weight is 444 g/mol. The van der Waals surface area contributed by atoms with Crippen LogP contribution in [0, 0.1) is 6.92 Å². The van der Waals surface area contributed by atoms with Crippen LogP contribution in [0.5, 0.6) is 0 Å². The second-order valence-corrected chi connectivity index (χ2v) is 8.10. The summed E-state index contributed by atoms with van der Waals surface area (Å²) >= 11 is 0. The molecule has 0 atom stereocenters. The number of aromatic nitrogens is 1. The summed E-state index contributed by atoms with van der Waals surface area (Å²) in [5.41, 5.74) is 3.75. The van der Waals surface area contributed by atoms with E-state index in [0.717, 1.165) is 13.1 Å². The summed E-state index contributed by atoms with van der Waals surface area (Å²) in [5.74, 6) is -0.521. The summed E-state index contributed by atoms with van der Waals surface area (Å²) in [7, 11) is 0. The fourth-order valence-corrected chi connectivity index (χ4v) is 4.33. The minimum absolute atomic E-state index is 0.107. The van der Waals surface area contributed by atoms with Crippen LogP contribution in [0.3, 0.4) is 0 Å². The minimum Gasteiger partial charge on any atom is -0.462 e. The highest BCUT2D eigenvalue weighted by Gasteiger charge is 2.29. The predicted molar refractivity (Wildman–Crippen MR) is 127 cm³/mol. The third kappa shape index (κ3) is 5.12. The molecular formula is C27H29N3O3. The molecule has 0 N–H and O–H groups in total. The van der Waals surface area contributed by atoms with Crippen molar-refractivity contribution in [3.8, 4) is 0 Å². The van der Waals surface area contributed by atoms with Gasteiger partial charge in [-0.05, 0) is 37.1 Å². The van der Waals surface area contributed by atoms with E-state index in [1.807, 2.05) is 17.0 Å². The van der Waals surface area contributed by atoms with Crippen LogP contribution in [-0.4, -0.2) is 59.4 Å². The van der Waals surface area contributed by atoms with Gasteiger partial charge in [0.25, 0.3) is 5.91 Å². The molecule has 0 saturated carbocycles. The maximum Gasteiger partial charge on any atom is 0.339 e. The van der Waals surface area contributed by atoms with Gasteiger partial charge in [-0.1, -0.05) is 60.7 Å². The number of nitrogens with zero attached hydrogens (tertiary/aromatic N) is 3. The van der Waals surface area contributed by atoms with Gasteiger partial charge in [-0.3, -0.25) is 9.69 Å². The lowest BCUT2D eigenvalue weighted by Gasteiger charge is -2.39. The molecule has 1 aliphatic rings. The standard InChI is InChI=1S/C27H29N3O3/c1-3-33-27(32)23-14-15-24(28-20(23)2)26(31)30-18-16-29(17-19-30)25(21-10-6-4-7-11-21)22-12-8-5-9-13-22/h4-15,25H,3,16-19H2,1-2H3. The molecule has 2 heterocycles. The van der Waals surface area contributed by atoms with E-state index in [-0.39, 0.29) is 11.9 Å². The number of benzene rings is 2. The Hall–Kier alpha value is -3.51. The summed E-state index contributed by atoms with van der Waals surface area (Å²) in [6.45, 7) is 6.56. The summed E-state index contributed by atoms with van der Waals surface area (Å²) in [6.07, 6.45) is 0. The average Bonchev–Trinajstić information content (AvgIpc) is 2.85. The molecule has 1 aliphatic heterocycles. The molecule has 6 nitrogen and oxygen atoms in total. The second-order valence-electron chi connectivity index (χ2n) is 8.10. The molecule has 0 aliphatic carbocycles. The number of carbonyl (C=O) groups excluding carboxylic acids is 2. The van der Waals surface area contributed by atoms with Gasteiger partial charge in [-0.2, -0.15) is 0 Å². The van der Waals surface area contributed by atoms with Crippen LogP contribution >= 0.6 is 0 Å². The molecule has 170 valence electrons. The molecule has 0 bridgehead atoms. The van der Waals surface area contributed by atoms with Gasteiger partial charge in [0.2, 0.25) is 0 Å². The van der Waals surface area contributed by atoms with Crippen LogP contribution in [-0.2, 0) is 4.74 Å². The van der Waals surface area contributed by atoms with Gasteiger partial charge in [0.15, 0.2) is 0 Å². The molecule has 1 amide bonds. The normalized spacial score (nSPS) is 14.3. The van der Waals surface area contributed by atoms with E-state index in [4.69, 9.17) is 4.74 Å². The van der Waals surface area contributed by atoms with Crippen molar-refractivity contribution in [3.05, 3.63) is 101 Å². The maximum absolute atomic E-state index is 13.1. The van der Waals surface area contributed by atoms with Gasteiger partial charge in [0, 0.05) is 26.2 Å². The van der Waals surface area contributed by atoms with E-state index in [9.17, 15) is 9.59 Å². The molecular weight excluding hydrogens is 414 g/mol. The first kappa shape index (κ1) is 22.7.